The summed E-state index contributed by atoms with van der Waals surface area (Å²) in [5.74, 6) is 0. The number of para-hydroxylation sites is 6. The van der Waals surface area contributed by atoms with Crippen LogP contribution in [0.5, 0.6) is 0 Å². The van der Waals surface area contributed by atoms with Gasteiger partial charge in [0.05, 0.1) is 118 Å². The highest BCUT2D eigenvalue weighted by Gasteiger charge is 2.25. The van der Waals surface area contributed by atoms with Gasteiger partial charge < -0.3 is 13.2 Å². The smallest absolute Gasteiger partial charge is 0.0979 e. The van der Waals surface area contributed by atoms with Gasteiger partial charge >= 0.3 is 0 Å². The predicted molar refractivity (Wildman–Crippen MR) is 566 cm³/mol. The van der Waals surface area contributed by atoms with Crippen molar-refractivity contribution in [1.29, 1.82) is 0 Å². The number of benzene rings is 22. The van der Waals surface area contributed by atoms with Crippen molar-refractivity contribution in [3.63, 3.8) is 0 Å². The summed E-state index contributed by atoms with van der Waals surface area (Å²) in [6, 6.07) is 153. The van der Waals surface area contributed by atoms with E-state index in [1.54, 1.807) is 0 Å². The van der Waals surface area contributed by atoms with Gasteiger partial charge in [-0.3, -0.25) is 15.0 Å². The lowest BCUT2D eigenvalue weighted by Gasteiger charge is -2.11. The minimum Gasteiger partial charge on any atom is -0.308 e. The first-order valence-corrected chi connectivity index (χ1v) is 46.1. The molecule has 9 heteroatoms. The van der Waals surface area contributed by atoms with Crippen LogP contribution in [0, 0.1) is 0 Å². The Morgan fingerprint density at radius 3 is 0.585 bits per heavy atom. The van der Waals surface area contributed by atoms with Gasteiger partial charge in [-0.25, -0.2) is 15.0 Å². The quantitative estimate of drug-likeness (QED) is 0.148. The Morgan fingerprint density at radius 1 is 0.126 bits per heavy atom. The monoisotopic (exact) mass is 1710 g/mol. The van der Waals surface area contributed by atoms with E-state index in [4.69, 9.17) is 29.9 Å². The van der Waals surface area contributed by atoms with Crippen LogP contribution >= 0.6 is 0 Å². The standard InChI is InChI=1S/C46H27N3.2C40H23N3/c1-3-19-37-33(15-1)34-16-2-4-20-38(34)45-44(37)47-27-41(48-45)31-14-10-12-29(24-31)28-11-9-13-30(23-28)32-25-39-35-17-5-7-21-42(35)49-43-22-8-6-18-36(43)40(26-32)46(39)49;1-3-16-31-27(12-1)28-13-2-4-17-32(28)39-38(31)41-23-35(42-39)25-11-9-10-24(20-25)26-21-33-29-14-5-7-18-36(29)43-37-19-8-6-15-30(37)34(22-26)40(33)43;1-3-13-31-27(9-1)28-10-2-4-14-32(28)39-38(31)41-23-35(42-39)25-19-17-24(18-20-25)26-21-33-29-11-5-7-15-36(29)43-37-16-8-6-12-30(37)34(22-26)40(33)43/h1-27H;2*1-23H. The molecule has 9 aromatic heterocycles. The number of hydrogen-bond acceptors (Lipinski definition) is 6. The second-order valence-electron chi connectivity index (χ2n) is 35.8. The Hall–Kier alpha value is -18.2. The van der Waals surface area contributed by atoms with Crippen molar-refractivity contribution in [3.8, 4) is 78.3 Å². The van der Waals surface area contributed by atoms with Crippen LogP contribution in [0.25, 0.3) is 290 Å². The molecule has 9 heterocycles. The van der Waals surface area contributed by atoms with E-state index in [9.17, 15) is 0 Å². The Balaban J connectivity index is 0.0000000987. The van der Waals surface area contributed by atoms with E-state index in [0.29, 0.717) is 0 Å². The third-order valence-electron chi connectivity index (χ3n) is 28.6. The molecule has 9 nitrogen and oxygen atoms in total. The molecule has 0 bridgehead atoms. The van der Waals surface area contributed by atoms with Gasteiger partial charge in [-0.1, -0.05) is 334 Å². The fourth-order valence-electron chi connectivity index (χ4n) is 22.6. The van der Waals surface area contributed by atoms with Crippen LogP contribution in [0.2, 0.25) is 0 Å². The van der Waals surface area contributed by atoms with E-state index in [1.807, 2.05) is 18.6 Å². The molecule has 0 amide bonds. The van der Waals surface area contributed by atoms with E-state index in [2.05, 4.69) is 438 Å². The van der Waals surface area contributed by atoms with Gasteiger partial charge in [-0.15, -0.1) is 0 Å². The predicted octanol–water partition coefficient (Wildman–Crippen LogP) is 32.9. The van der Waals surface area contributed by atoms with Crippen LogP contribution in [0.3, 0.4) is 0 Å². The molecule has 0 aliphatic rings. The van der Waals surface area contributed by atoms with Crippen LogP contribution in [0.4, 0.5) is 0 Å². The number of hydrogen-bond donors (Lipinski definition) is 0. The average Bonchev–Trinajstić information content (AvgIpc) is 1.55. The molecule has 622 valence electrons. The molecule has 0 aliphatic carbocycles. The van der Waals surface area contributed by atoms with Crippen molar-refractivity contribution in [2.75, 3.05) is 0 Å². The largest absolute Gasteiger partial charge is 0.308 e. The van der Waals surface area contributed by atoms with Crippen molar-refractivity contribution in [3.05, 3.63) is 443 Å². The topological polar surface area (TPSA) is 90.6 Å². The third kappa shape index (κ3) is 11.3. The van der Waals surface area contributed by atoms with Gasteiger partial charge in [0.25, 0.3) is 0 Å². The van der Waals surface area contributed by atoms with Crippen LogP contribution < -0.4 is 0 Å². The highest BCUT2D eigenvalue weighted by atomic mass is 14.9. The van der Waals surface area contributed by atoms with E-state index < -0.39 is 0 Å². The molecular weight excluding hydrogens is 1640 g/mol. The molecule has 135 heavy (non-hydrogen) atoms. The van der Waals surface area contributed by atoms with Crippen molar-refractivity contribution in [1.82, 2.24) is 43.1 Å². The number of fused-ring (bicyclic) bond motifs is 36. The minimum atomic E-state index is 0.870. The molecule has 0 radical (unpaired) electrons. The lowest BCUT2D eigenvalue weighted by molar-refractivity contribution is 1.31. The number of aromatic nitrogens is 9. The summed E-state index contributed by atoms with van der Waals surface area (Å²) in [6.07, 6.45) is 5.76. The maximum absolute atomic E-state index is 5.25. The fraction of sp³-hybridized carbons (Fsp3) is 0. The highest BCUT2D eigenvalue weighted by Crippen LogP contribution is 2.49. The van der Waals surface area contributed by atoms with Crippen molar-refractivity contribution in [2.24, 2.45) is 0 Å². The molecule has 0 aliphatic heterocycles. The maximum Gasteiger partial charge on any atom is 0.0979 e. The Labute approximate surface area is 771 Å². The van der Waals surface area contributed by atoms with Gasteiger partial charge in [-0.2, -0.15) is 0 Å². The van der Waals surface area contributed by atoms with E-state index in [0.717, 1.165) is 105 Å². The maximum atomic E-state index is 5.25. The molecule has 31 aromatic rings. The first-order valence-electron chi connectivity index (χ1n) is 46.1. The number of rotatable bonds is 7. The zero-order chi connectivity index (χ0) is 88.2. The first-order chi connectivity index (χ1) is 67.0. The first kappa shape index (κ1) is 74.7. The third-order valence-corrected chi connectivity index (χ3v) is 28.6. The summed E-state index contributed by atoms with van der Waals surface area (Å²) < 4.78 is 7.28. The summed E-state index contributed by atoms with van der Waals surface area (Å²) in [5.41, 5.74) is 32.4. The molecule has 22 aromatic carbocycles. The Bertz CT molecular complexity index is 10100. The molecular formula is C126H73N9. The zero-order valence-electron chi connectivity index (χ0n) is 72.7. The molecule has 0 spiro atoms. The van der Waals surface area contributed by atoms with Gasteiger partial charge in [0.1, 0.15) is 0 Å². The molecule has 0 saturated carbocycles. The second kappa shape index (κ2) is 29.2. The zero-order valence-corrected chi connectivity index (χ0v) is 72.7. The fourth-order valence-corrected chi connectivity index (χ4v) is 22.6. The SMILES string of the molecule is c1cc(-c2cc3c4ccccc4n4c5ccccc5c(c2)c34)cc(-c2cnc3c4ccccc4c4ccccc4c3n2)c1.c1cc(-c2cccc(-c3cnc4c5ccccc5c5ccccc5c4n3)c2)cc(-c2cc3c4ccccc4n4c5ccccc5c(c2)c34)c1.c1ccc2c(c1)c1ccccc1c1nc(-c3ccc(-c4cc5c6ccccc6n6c7ccccc7c(c4)c56)cc3)cnc21. The molecule has 0 fully saturated rings. The Kier molecular flexibility index (Phi) is 16.1. The number of nitrogens with zero attached hydrogens (tertiary/aromatic N) is 9. The average molecular weight is 1710 g/mol. The summed E-state index contributed by atoms with van der Waals surface area (Å²) in [4.78, 5) is 30.7. The van der Waals surface area contributed by atoms with Crippen LogP contribution in [0.15, 0.2) is 443 Å². The minimum absolute atomic E-state index is 0.870. The summed E-state index contributed by atoms with van der Waals surface area (Å²) in [6.45, 7) is 0. The van der Waals surface area contributed by atoms with Gasteiger partial charge in [0.2, 0.25) is 0 Å². The molecule has 0 unspecified atom stereocenters. The highest BCUT2D eigenvalue weighted by molar-refractivity contribution is 6.30. The second-order valence-corrected chi connectivity index (χ2v) is 35.8. The van der Waals surface area contributed by atoms with Crippen molar-refractivity contribution >= 4 is 212 Å². The van der Waals surface area contributed by atoms with Crippen molar-refractivity contribution < 1.29 is 0 Å². The summed E-state index contributed by atoms with van der Waals surface area (Å²) >= 11 is 0. The van der Waals surface area contributed by atoms with Gasteiger partial charge in [-0.05, 0) is 168 Å². The Morgan fingerprint density at radius 2 is 0.319 bits per heavy atom. The van der Waals surface area contributed by atoms with Crippen molar-refractivity contribution in [2.45, 2.75) is 0 Å². The normalized spacial score (nSPS) is 12.1. The van der Waals surface area contributed by atoms with E-state index in [1.165, 1.54) is 186 Å². The molecule has 31 rings (SSSR count). The van der Waals surface area contributed by atoms with Crippen LogP contribution in [0.1, 0.15) is 0 Å². The van der Waals surface area contributed by atoms with E-state index >= 15 is 0 Å². The molecule has 0 saturated heterocycles. The van der Waals surface area contributed by atoms with Gasteiger partial charge in [0, 0.05) is 114 Å². The summed E-state index contributed by atoms with van der Waals surface area (Å²) in [7, 11) is 0. The lowest BCUT2D eigenvalue weighted by atomic mass is 9.95. The summed E-state index contributed by atoms with van der Waals surface area (Å²) in [5, 5.41) is 29.5. The van der Waals surface area contributed by atoms with Crippen LogP contribution in [-0.2, 0) is 0 Å². The lowest BCUT2D eigenvalue weighted by Crippen LogP contribution is -1.92. The molecule has 0 atom stereocenters. The van der Waals surface area contributed by atoms with Crippen LogP contribution in [-0.4, -0.2) is 43.1 Å². The molecule has 0 N–H and O–H groups in total. The van der Waals surface area contributed by atoms with E-state index in [-0.39, 0.29) is 0 Å². The van der Waals surface area contributed by atoms with Gasteiger partial charge in [0.15, 0.2) is 0 Å².